The third-order valence-corrected chi connectivity index (χ3v) is 3.08. The van der Waals surface area contributed by atoms with Crippen molar-refractivity contribution >= 4 is 5.69 Å². The Labute approximate surface area is 96.7 Å². The van der Waals surface area contributed by atoms with E-state index in [1.165, 1.54) is 11.3 Å². The normalized spacial score (nSPS) is 18.0. The molecule has 0 aromatic heterocycles. The molecule has 1 aliphatic heterocycles. The first-order valence-corrected chi connectivity index (χ1v) is 5.63. The summed E-state index contributed by atoms with van der Waals surface area (Å²) in [7, 11) is 4.18. The molecular formula is C13H17N3. The molecule has 3 nitrogen and oxygen atoms in total. The van der Waals surface area contributed by atoms with Gasteiger partial charge in [0, 0.05) is 18.2 Å². The third kappa shape index (κ3) is 2.17. The van der Waals surface area contributed by atoms with Crippen LogP contribution in [0.2, 0.25) is 0 Å². The Hall–Kier alpha value is -1.53. The quantitative estimate of drug-likeness (QED) is 0.838. The second-order valence-corrected chi connectivity index (χ2v) is 4.58. The Bertz CT molecular complexity index is 418. The Kier molecular flexibility index (Phi) is 3.12. The van der Waals surface area contributed by atoms with Gasteiger partial charge in [-0.15, -0.1) is 0 Å². The number of nitriles is 1. The molecule has 16 heavy (non-hydrogen) atoms. The van der Waals surface area contributed by atoms with E-state index in [4.69, 9.17) is 5.26 Å². The molecule has 1 unspecified atom stereocenters. The van der Waals surface area contributed by atoms with E-state index < -0.39 is 0 Å². The zero-order valence-corrected chi connectivity index (χ0v) is 9.83. The molecule has 84 valence electrons. The number of hydrogen-bond acceptors (Lipinski definition) is 3. The van der Waals surface area contributed by atoms with Crippen LogP contribution < -0.4 is 5.32 Å². The van der Waals surface area contributed by atoms with Gasteiger partial charge in [-0.25, -0.2) is 0 Å². The highest BCUT2D eigenvalue weighted by Gasteiger charge is 2.22. The summed E-state index contributed by atoms with van der Waals surface area (Å²) in [4.78, 5) is 2.20. The Morgan fingerprint density at radius 1 is 1.50 bits per heavy atom. The Balaban J connectivity index is 2.15. The number of hydrogen-bond donors (Lipinski definition) is 1. The maximum atomic E-state index is 8.89. The van der Waals surface area contributed by atoms with Gasteiger partial charge in [0.05, 0.1) is 11.6 Å². The lowest BCUT2D eigenvalue weighted by atomic mass is 9.96. The SMILES string of the molecule is CN(C)CCC1CNc2ccc(C#N)cc21. The van der Waals surface area contributed by atoms with Gasteiger partial charge in [0.15, 0.2) is 0 Å². The molecule has 0 saturated heterocycles. The maximum Gasteiger partial charge on any atom is 0.0991 e. The number of nitrogens with one attached hydrogen (secondary N) is 1. The van der Waals surface area contributed by atoms with Crippen LogP contribution in [0.4, 0.5) is 5.69 Å². The van der Waals surface area contributed by atoms with Gasteiger partial charge in [-0.3, -0.25) is 0 Å². The topological polar surface area (TPSA) is 39.1 Å². The molecule has 0 bridgehead atoms. The van der Waals surface area contributed by atoms with Gasteiger partial charge < -0.3 is 10.2 Å². The van der Waals surface area contributed by atoms with Crippen molar-refractivity contribution in [1.29, 1.82) is 5.26 Å². The van der Waals surface area contributed by atoms with Crippen LogP contribution in [-0.4, -0.2) is 32.1 Å². The fourth-order valence-electron chi connectivity index (χ4n) is 2.15. The van der Waals surface area contributed by atoms with Gasteiger partial charge in [0.25, 0.3) is 0 Å². The van der Waals surface area contributed by atoms with Crippen molar-refractivity contribution in [1.82, 2.24) is 4.90 Å². The van der Waals surface area contributed by atoms with Crippen LogP contribution in [0.1, 0.15) is 23.5 Å². The first-order chi connectivity index (χ1) is 7.70. The van der Waals surface area contributed by atoms with E-state index in [9.17, 15) is 0 Å². The lowest BCUT2D eigenvalue weighted by molar-refractivity contribution is 0.386. The minimum atomic E-state index is 0.547. The lowest BCUT2D eigenvalue weighted by Gasteiger charge is -2.14. The van der Waals surface area contributed by atoms with E-state index in [1.807, 2.05) is 18.2 Å². The molecule has 1 heterocycles. The minimum absolute atomic E-state index is 0.547. The number of rotatable bonds is 3. The summed E-state index contributed by atoms with van der Waals surface area (Å²) < 4.78 is 0. The summed E-state index contributed by atoms with van der Waals surface area (Å²) in [5.74, 6) is 0.547. The molecule has 0 amide bonds. The van der Waals surface area contributed by atoms with E-state index in [2.05, 4.69) is 30.4 Å². The largest absolute Gasteiger partial charge is 0.384 e. The van der Waals surface area contributed by atoms with Crippen LogP contribution in [0.25, 0.3) is 0 Å². The van der Waals surface area contributed by atoms with Gasteiger partial charge >= 0.3 is 0 Å². The van der Waals surface area contributed by atoms with Gasteiger partial charge in [0.2, 0.25) is 0 Å². The predicted molar refractivity (Wildman–Crippen MR) is 65.6 cm³/mol. The highest BCUT2D eigenvalue weighted by molar-refractivity contribution is 5.60. The zero-order valence-electron chi connectivity index (χ0n) is 9.83. The summed E-state index contributed by atoms with van der Waals surface area (Å²) in [5, 5.41) is 12.3. The fraction of sp³-hybridized carbons (Fsp3) is 0.462. The van der Waals surface area contributed by atoms with Crippen molar-refractivity contribution in [3.05, 3.63) is 29.3 Å². The van der Waals surface area contributed by atoms with Crippen molar-refractivity contribution in [2.75, 3.05) is 32.5 Å². The monoisotopic (exact) mass is 215 g/mol. The van der Waals surface area contributed by atoms with Gasteiger partial charge in [-0.05, 0) is 50.8 Å². The van der Waals surface area contributed by atoms with E-state index in [0.717, 1.165) is 25.1 Å². The van der Waals surface area contributed by atoms with Gasteiger partial charge in [0.1, 0.15) is 0 Å². The molecule has 1 aliphatic rings. The van der Waals surface area contributed by atoms with Gasteiger partial charge in [-0.1, -0.05) is 0 Å². The van der Waals surface area contributed by atoms with Crippen LogP contribution in [0.5, 0.6) is 0 Å². The smallest absolute Gasteiger partial charge is 0.0991 e. The Morgan fingerprint density at radius 3 is 3.00 bits per heavy atom. The lowest BCUT2D eigenvalue weighted by Crippen LogP contribution is -2.16. The molecule has 1 aromatic carbocycles. The Morgan fingerprint density at radius 2 is 2.31 bits per heavy atom. The molecular weight excluding hydrogens is 198 g/mol. The van der Waals surface area contributed by atoms with Crippen LogP contribution in [0.3, 0.4) is 0 Å². The highest BCUT2D eigenvalue weighted by atomic mass is 15.0. The summed E-state index contributed by atoms with van der Waals surface area (Å²) in [6.45, 7) is 2.08. The molecule has 1 N–H and O–H groups in total. The molecule has 3 heteroatoms. The van der Waals surface area contributed by atoms with Crippen LogP contribution in [-0.2, 0) is 0 Å². The van der Waals surface area contributed by atoms with Crippen LogP contribution >= 0.6 is 0 Å². The van der Waals surface area contributed by atoms with E-state index >= 15 is 0 Å². The van der Waals surface area contributed by atoms with Crippen LogP contribution in [0, 0.1) is 11.3 Å². The molecule has 0 radical (unpaired) electrons. The summed E-state index contributed by atoms with van der Waals surface area (Å²) in [6, 6.07) is 8.12. The van der Waals surface area contributed by atoms with Crippen molar-refractivity contribution in [3.63, 3.8) is 0 Å². The number of anilines is 1. The van der Waals surface area contributed by atoms with Crippen molar-refractivity contribution in [2.24, 2.45) is 0 Å². The van der Waals surface area contributed by atoms with Crippen molar-refractivity contribution in [2.45, 2.75) is 12.3 Å². The van der Waals surface area contributed by atoms with Crippen molar-refractivity contribution in [3.8, 4) is 6.07 Å². The highest BCUT2D eigenvalue weighted by Crippen LogP contribution is 2.34. The molecule has 1 atom stereocenters. The average Bonchev–Trinajstić information content (AvgIpc) is 2.68. The van der Waals surface area contributed by atoms with E-state index in [1.54, 1.807) is 0 Å². The number of fused-ring (bicyclic) bond motifs is 1. The van der Waals surface area contributed by atoms with Crippen molar-refractivity contribution < 1.29 is 0 Å². The molecule has 1 aromatic rings. The summed E-state index contributed by atoms with van der Waals surface area (Å²) in [5.41, 5.74) is 3.26. The standard InChI is InChI=1S/C13H17N3/c1-16(2)6-5-11-9-15-13-4-3-10(8-14)7-12(11)13/h3-4,7,11,15H,5-6,9H2,1-2H3. The molecule has 0 spiro atoms. The minimum Gasteiger partial charge on any atom is -0.384 e. The molecule has 0 fully saturated rings. The predicted octanol–water partition coefficient (Wildman–Crippen LogP) is 2.02. The van der Waals surface area contributed by atoms with E-state index in [0.29, 0.717) is 5.92 Å². The first kappa shape index (κ1) is 11.0. The molecule has 0 aliphatic carbocycles. The third-order valence-electron chi connectivity index (χ3n) is 3.08. The van der Waals surface area contributed by atoms with E-state index in [-0.39, 0.29) is 0 Å². The average molecular weight is 215 g/mol. The summed E-state index contributed by atoms with van der Waals surface area (Å²) >= 11 is 0. The second kappa shape index (κ2) is 4.54. The second-order valence-electron chi connectivity index (χ2n) is 4.58. The number of benzene rings is 1. The molecule has 0 saturated carbocycles. The maximum absolute atomic E-state index is 8.89. The molecule has 2 rings (SSSR count). The summed E-state index contributed by atoms with van der Waals surface area (Å²) in [6.07, 6.45) is 1.14. The fourth-order valence-corrected chi connectivity index (χ4v) is 2.15. The van der Waals surface area contributed by atoms with Crippen LogP contribution in [0.15, 0.2) is 18.2 Å². The number of nitrogens with zero attached hydrogens (tertiary/aromatic N) is 2. The first-order valence-electron chi connectivity index (χ1n) is 5.63. The zero-order chi connectivity index (χ0) is 11.5. The van der Waals surface area contributed by atoms with Gasteiger partial charge in [-0.2, -0.15) is 5.26 Å².